The highest BCUT2D eigenvalue weighted by Gasteiger charge is 2.23. The van der Waals surface area contributed by atoms with E-state index in [4.69, 9.17) is 0 Å². The molecule has 0 atom stereocenters. The van der Waals surface area contributed by atoms with Crippen molar-refractivity contribution in [1.82, 2.24) is 0 Å². The zero-order valence-electron chi connectivity index (χ0n) is 8.60. The number of carbonyl (C=O) groups is 2. The fraction of sp³-hybridized carbons (Fsp3) is 0.750. The lowest BCUT2D eigenvalue weighted by atomic mass is 10.0. The van der Waals surface area contributed by atoms with Crippen molar-refractivity contribution >= 4 is 11.9 Å². The number of nitro groups is 1. The van der Waals surface area contributed by atoms with E-state index in [2.05, 4.69) is 9.47 Å². The Balaban J connectivity index is 4.23. The van der Waals surface area contributed by atoms with Gasteiger partial charge in [0.05, 0.1) is 27.1 Å². The molecule has 0 saturated heterocycles. The molecule has 0 radical (unpaired) electrons. The molecule has 0 aliphatic rings. The lowest BCUT2D eigenvalue weighted by Gasteiger charge is -2.09. The van der Waals surface area contributed by atoms with E-state index in [0.717, 1.165) is 0 Å². The Morgan fingerprint density at radius 3 is 1.87 bits per heavy atom. The molecule has 0 N–H and O–H groups in total. The van der Waals surface area contributed by atoms with Crippen molar-refractivity contribution in [3.63, 3.8) is 0 Å². The lowest BCUT2D eigenvalue weighted by Crippen LogP contribution is -2.22. The molecule has 0 aliphatic carbocycles. The molecule has 0 aromatic heterocycles. The van der Waals surface area contributed by atoms with Crippen LogP contribution in [0.5, 0.6) is 0 Å². The van der Waals surface area contributed by atoms with Crippen molar-refractivity contribution < 1.29 is 24.0 Å². The molecule has 0 unspecified atom stereocenters. The summed E-state index contributed by atoms with van der Waals surface area (Å²) in [6, 6.07) is 0. The van der Waals surface area contributed by atoms with E-state index in [-0.39, 0.29) is 12.8 Å². The third-order valence-electron chi connectivity index (χ3n) is 1.77. The van der Waals surface area contributed by atoms with E-state index < -0.39 is 29.3 Å². The van der Waals surface area contributed by atoms with Crippen molar-refractivity contribution in [2.24, 2.45) is 5.92 Å². The van der Waals surface area contributed by atoms with Crippen LogP contribution in [0.2, 0.25) is 0 Å². The topological polar surface area (TPSA) is 95.7 Å². The number of carbonyl (C=O) groups excluding carboxylic acids is 2. The summed E-state index contributed by atoms with van der Waals surface area (Å²) in [7, 11) is 2.37. The molecule has 0 aliphatic heterocycles. The molecular weight excluding hydrogens is 206 g/mol. The van der Waals surface area contributed by atoms with Gasteiger partial charge in [-0.2, -0.15) is 0 Å². The lowest BCUT2D eigenvalue weighted by molar-refractivity contribution is -0.488. The van der Waals surface area contributed by atoms with Crippen LogP contribution in [-0.2, 0) is 19.1 Å². The molecule has 0 fully saturated rings. The van der Waals surface area contributed by atoms with Crippen molar-refractivity contribution in [2.75, 3.05) is 20.8 Å². The maximum Gasteiger partial charge on any atom is 0.306 e. The summed E-state index contributed by atoms with van der Waals surface area (Å²) in [6.07, 6.45) is -0.320. The zero-order valence-corrected chi connectivity index (χ0v) is 8.60. The van der Waals surface area contributed by atoms with Gasteiger partial charge in [-0.1, -0.05) is 0 Å². The van der Waals surface area contributed by atoms with Crippen LogP contribution in [0, 0.1) is 16.0 Å². The second-order valence-electron chi connectivity index (χ2n) is 2.94. The van der Waals surface area contributed by atoms with E-state index in [9.17, 15) is 19.7 Å². The first-order valence-corrected chi connectivity index (χ1v) is 4.25. The molecule has 0 bridgehead atoms. The van der Waals surface area contributed by atoms with Crippen molar-refractivity contribution in [1.29, 1.82) is 0 Å². The summed E-state index contributed by atoms with van der Waals surface area (Å²) in [4.78, 5) is 31.4. The number of esters is 2. The van der Waals surface area contributed by atoms with Gasteiger partial charge in [0, 0.05) is 10.8 Å². The van der Waals surface area contributed by atoms with Crippen LogP contribution in [-0.4, -0.2) is 37.6 Å². The Bertz CT molecular complexity index is 234. The van der Waals surface area contributed by atoms with E-state index in [1.807, 2.05) is 0 Å². The second-order valence-corrected chi connectivity index (χ2v) is 2.94. The number of nitrogens with zero attached hydrogens (tertiary/aromatic N) is 1. The molecule has 7 heteroatoms. The van der Waals surface area contributed by atoms with Crippen molar-refractivity contribution in [2.45, 2.75) is 12.8 Å². The minimum absolute atomic E-state index is 0.160. The highest BCUT2D eigenvalue weighted by atomic mass is 16.6. The number of hydrogen-bond acceptors (Lipinski definition) is 6. The maximum atomic E-state index is 10.9. The Morgan fingerprint density at radius 1 is 1.20 bits per heavy atom. The molecule has 7 nitrogen and oxygen atoms in total. The number of methoxy groups -OCH3 is 2. The Morgan fingerprint density at radius 2 is 1.60 bits per heavy atom. The van der Waals surface area contributed by atoms with Crippen LogP contribution in [0.4, 0.5) is 0 Å². The summed E-state index contributed by atoms with van der Waals surface area (Å²) in [6.45, 7) is -0.454. The summed E-state index contributed by atoms with van der Waals surface area (Å²) in [5.41, 5.74) is 0. The first-order chi connectivity index (χ1) is 6.99. The first-order valence-electron chi connectivity index (χ1n) is 4.25. The number of rotatable bonds is 6. The van der Waals surface area contributed by atoms with Crippen molar-refractivity contribution in [3.05, 3.63) is 10.1 Å². The van der Waals surface area contributed by atoms with Crippen LogP contribution in [0.25, 0.3) is 0 Å². The average molecular weight is 219 g/mol. The van der Waals surface area contributed by atoms with Gasteiger partial charge in [0.15, 0.2) is 0 Å². The van der Waals surface area contributed by atoms with E-state index >= 15 is 0 Å². The molecule has 15 heavy (non-hydrogen) atoms. The van der Waals surface area contributed by atoms with Crippen LogP contribution >= 0.6 is 0 Å². The Labute approximate surface area is 86.5 Å². The van der Waals surface area contributed by atoms with E-state index in [1.54, 1.807) is 0 Å². The summed E-state index contributed by atoms with van der Waals surface area (Å²) >= 11 is 0. The third kappa shape index (κ3) is 6.42. The number of hydrogen-bond donors (Lipinski definition) is 0. The SMILES string of the molecule is COC(=O)CC(CC(=O)OC)C[N+](=O)[O-]. The largest absolute Gasteiger partial charge is 0.469 e. The molecule has 0 aromatic carbocycles. The van der Waals surface area contributed by atoms with Gasteiger partial charge in [-0.15, -0.1) is 0 Å². The molecule has 0 rings (SSSR count). The van der Waals surface area contributed by atoms with Crippen LogP contribution in [0.15, 0.2) is 0 Å². The average Bonchev–Trinajstić information content (AvgIpc) is 2.16. The standard InChI is InChI=1S/C8H13NO6/c1-14-7(10)3-6(5-9(12)13)4-8(11)15-2/h6H,3-5H2,1-2H3. The van der Waals surface area contributed by atoms with Gasteiger partial charge in [-0.05, 0) is 0 Å². The zero-order chi connectivity index (χ0) is 11.8. The van der Waals surface area contributed by atoms with Crippen LogP contribution in [0.3, 0.4) is 0 Å². The smallest absolute Gasteiger partial charge is 0.306 e. The van der Waals surface area contributed by atoms with Gasteiger partial charge in [-0.25, -0.2) is 0 Å². The Kier molecular flexibility index (Phi) is 6.00. The molecule has 0 heterocycles. The number of ether oxygens (including phenoxy) is 2. The van der Waals surface area contributed by atoms with Gasteiger partial charge < -0.3 is 9.47 Å². The molecule has 86 valence electrons. The predicted octanol–water partition coefficient (Wildman–Crippen LogP) is 0.00550. The molecule has 0 amide bonds. The molecular formula is C8H13NO6. The fourth-order valence-electron chi connectivity index (χ4n) is 1.05. The van der Waals surface area contributed by atoms with Crippen molar-refractivity contribution in [3.8, 4) is 0 Å². The first kappa shape index (κ1) is 13.3. The normalized spacial score (nSPS) is 9.80. The van der Waals surface area contributed by atoms with E-state index in [0.29, 0.717) is 0 Å². The molecule has 0 saturated carbocycles. The van der Waals surface area contributed by atoms with Gasteiger partial charge in [0.1, 0.15) is 0 Å². The minimum Gasteiger partial charge on any atom is -0.469 e. The van der Waals surface area contributed by atoms with Crippen LogP contribution in [0.1, 0.15) is 12.8 Å². The summed E-state index contributed by atoms with van der Waals surface area (Å²) in [5, 5.41) is 10.3. The summed E-state index contributed by atoms with van der Waals surface area (Å²) in [5.74, 6) is -1.84. The van der Waals surface area contributed by atoms with E-state index in [1.165, 1.54) is 14.2 Å². The minimum atomic E-state index is -0.681. The summed E-state index contributed by atoms with van der Waals surface area (Å²) < 4.78 is 8.73. The fourth-order valence-corrected chi connectivity index (χ4v) is 1.05. The van der Waals surface area contributed by atoms with Gasteiger partial charge >= 0.3 is 11.9 Å². The van der Waals surface area contributed by atoms with Crippen LogP contribution < -0.4 is 0 Å². The van der Waals surface area contributed by atoms with Gasteiger partial charge in [0.2, 0.25) is 6.54 Å². The highest BCUT2D eigenvalue weighted by Crippen LogP contribution is 2.10. The predicted molar refractivity (Wildman–Crippen MR) is 48.6 cm³/mol. The molecule has 0 spiro atoms. The highest BCUT2D eigenvalue weighted by molar-refractivity contribution is 5.73. The maximum absolute atomic E-state index is 10.9. The third-order valence-corrected chi connectivity index (χ3v) is 1.77. The van der Waals surface area contributed by atoms with Gasteiger partial charge in [-0.3, -0.25) is 19.7 Å². The second kappa shape index (κ2) is 6.74. The molecule has 0 aromatic rings. The van der Waals surface area contributed by atoms with Gasteiger partial charge in [0.25, 0.3) is 0 Å². The monoisotopic (exact) mass is 219 g/mol. The Hall–Kier alpha value is -1.66. The quantitative estimate of drug-likeness (QED) is 0.354.